The Labute approximate surface area is 117 Å². The van der Waals surface area contributed by atoms with Gasteiger partial charge in [-0.25, -0.2) is 0 Å². The number of nitro groups is 1. The second-order valence-corrected chi connectivity index (χ2v) is 6.11. The zero-order valence-electron chi connectivity index (χ0n) is 11.3. The van der Waals surface area contributed by atoms with Crippen molar-refractivity contribution in [2.24, 2.45) is 5.92 Å². The van der Waals surface area contributed by atoms with Gasteiger partial charge < -0.3 is 4.90 Å². The van der Waals surface area contributed by atoms with Crippen molar-refractivity contribution in [1.29, 1.82) is 0 Å². The van der Waals surface area contributed by atoms with Gasteiger partial charge in [0.1, 0.15) is 5.60 Å². The Balaban J connectivity index is 1.61. The number of fused-ring (bicyclic) bond motifs is 1. The highest BCUT2D eigenvalue weighted by molar-refractivity contribution is 5.51. The van der Waals surface area contributed by atoms with Crippen LogP contribution in [0.4, 0.5) is 5.69 Å². The van der Waals surface area contributed by atoms with Crippen molar-refractivity contribution in [1.82, 2.24) is 0 Å². The Morgan fingerprint density at radius 1 is 1.35 bits per heavy atom. The molecule has 3 atom stereocenters. The molecule has 5 nitrogen and oxygen atoms in total. The molecule has 0 aliphatic carbocycles. The van der Waals surface area contributed by atoms with E-state index in [1.165, 1.54) is 5.56 Å². The smallest absolute Gasteiger partial charge is 0.345 e. The van der Waals surface area contributed by atoms with Crippen molar-refractivity contribution in [3.05, 3.63) is 52.1 Å². The van der Waals surface area contributed by atoms with Gasteiger partial charge in [0.15, 0.2) is 0 Å². The van der Waals surface area contributed by atoms with E-state index in [0.29, 0.717) is 13.0 Å². The Hall–Kier alpha value is -1.88. The van der Waals surface area contributed by atoms with Crippen molar-refractivity contribution in [2.45, 2.75) is 24.7 Å². The van der Waals surface area contributed by atoms with Crippen molar-refractivity contribution in [3.63, 3.8) is 0 Å². The lowest BCUT2D eigenvalue weighted by atomic mass is 9.84. The first-order valence-electron chi connectivity index (χ1n) is 6.90. The van der Waals surface area contributed by atoms with E-state index in [1.807, 2.05) is 6.08 Å². The molecule has 5 heteroatoms. The molecule has 3 heterocycles. The van der Waals surface area contributed by atoms with E-state index in [9.17, 15) is 10.1 Å². The first kappa shape index (κ1) is 11.9. The summed E-state index contributed by atoms with van der Waals surface area (Å²) in [4.78, 5) is 13.2. The number of aryl methyl sites for hydroxylation is 1. The Kier molecular flexibility index (Phi) is 2.15. The van der Waals surface area contributed by atoms with Crippen LogP contribution in [0, 0.1) is 23.0 Å². The van der Waals surface area contributed by atoms with E-state index in [0.717, 1.165) is 12.2 Å². The van der Waals surface area contributed by atoms with Crippen LogP contribution in [0.5, 0.6) is 0 Å². The molecule has 0 radical (unpaired) electrons. The van der Waals surface area contributed by atoms with Crippen LogP contribution in [0.2, 0.25) is 0 Å². The number of ether oxygens (including phenoxy) is 1. The van der Waals surface area contributed by atoms with Gasteiger partial charge in [0.05, 0.1) is 17.9 Å². The molecular weight excluding hydrogens is 256 g/mol. The Morgan fingerprint density at radius 3 is 2.75 bits per heavy atom. The predicted octanol–water partition coefficient (Wildman–Crippen LogP) is 2.13. The van der Waals surface area contributed by atoms with E-state index >= 15 is 0 Å². The van der Waals surface area contributed by atoms with E-state index in [1.54, 1.807) is 6.08 Å². The summed E-state index contributed by atoms with van der Waals surface area (Å²) in [5.74, 6) is 0.208. The van der Waals surface area contributed by atoms with Crippen LogP contribution in [-0.2, 0) is 4.74 Å². The SMILES string of the molecule is Cc1ccc(N2C[C@H]3C[C@]4([N+](=O)[O-])C=C[C@@]3(C2)O4)cc1. The lowest BCUT2D eigenvalue weighted by Crippen LogP contribution is -2.38. The van der Waals surface area contributed by atoms with Gasteiger partial charge in [-0.1, -0.05) is 17.7 Å². The standard InChI is InChI=1S/C15H16N2O3/c1-11-2-4-13(5-3-11)16-9-12-8-15(17(18)19)7-6-14(12,10-16)20-15/h2-7,12H,8-10H2,1H3/t12-,14+,15+/m1/s1. The van der Waals surface area contributed by atoms with Gasteiger partial charge in [-0.2, -0.15) is 0 Å². The molecule has 4 rings (SSSR count). The molecule has 0 saturated carbocycles. The minimum Gasteiger partial charge on any atom is -0.368 e. The normalized spacial score (nSPS) is 37.5. The average molecular weight is 272 g/mol. The van der Waals surface area contributed by atoms with Crippen LogP contribution in [0.15, 0.2) is 36.4 Å². The van der Waals surface area contributed by atoms with Crippen LogP contribution in [0.1, 0.15) is 12.0 Å². The molecule has 2 bridgehead atoms. The Bertz CT molecular complexity index is 612. The molecule has 0 N–H and O–H groups in total. The molecule has 0 aromatic heterocycles. The maximum absolute atomic E-state index is 11.2. The first-order valence-corrected chi connectivity index (χ1v) is 6.90. The highest BCUT2D eigenvalue weighted by atomic mass is 16.7. The summed E-state index contributed by atoms with van der Waals surface area (Å²) in [5.41, 5.74) is 0.674. The zero-order chi connectivity index (χ0) is 14.0. The number of rotatable bonds is 2. The lowest BCUT2D eigenvalue weighted by molar-refractivity contribution is -0.607. The summed E-state index contributed by atoms with van der Waals surface area (Å²) < 4.78 is 5.86. The quantitative estimate of drug-likeness (QED) is 0.470. The third-order valence-electron chi connectivity index (χ3n) is 4.81. The van der Waals surface area contributed by atoms with Gasteiger partial charge in [-0.05, 0) is 25.1 Å². The van der Waals surface area contributed by atoms with Crippen LogP contribution < -0.4 is 4.90 Å². The van der Waals surface area contributed by atoms with Crippen molar-refractivity contribution in [2.75, 3.05) is 18.0 Å². The molecule has 1 spiro atoms. The molecule has 2 saturated heterocycles. The topological polar surface area (TPSA) is 55.6 Å². The highest BCUT2D eigenvalue weighted by Crippen LogP contribution is 2.53. The fourth-order valence-corrected chi connectivity index (χ4v) is 3.71. The van der Waals surface area contributed by atoms with Gasteiger partial charge in [-0.3, -0.25) is 14.9 Å². The van der Waals surface area contributed by atoms with Gasteiger partial charge in [0.25, 0.3) is 0 Å². The number of hydrogen-bond acceptors (Lipinski definition) is 4. The monoisotopic (exact) mass is 272 g/mol. The van der Waals surface area contributed by atoms with E-state index in [2.05, 4.69) is 36.1 Å². The summed E-state index contributed by atoms with van der Waals surface area (Å²) in [7, 11) is 0. The zero-order valence-corrected chi connectivity index (χ0v) is 11.3. The maximum atomic E-state index is 11.2. The molecular formula is C15H16N2O3. The van der Waals surface area contributed by atoms with Gasteiger partial charge in [0.2, 0.25) is 0 Å². The fraction of sp³-hybridized carbons (Fsp3) is 0.467. The number of hydrogen-bond donors (Lipinski definition) is 0. The summed E-state index contributed by atoms with van der Waals surface area (Å²) in [6.07, 6.45) is 4.04. The average Bonchev–Trinajstić information content (AvgIpc) is 3.04. The van der Waals surface area contributed by atoms with E-state index in [-0.39, 0.29) is 10.8 Å². The molecule has 3 aliphatic heterocycles. The predicted molar refractivity (Wildman–Crippen MR) is 74.2 cm³/mol. The Morgan fingerprint density at radius 2 is 2.10 bits per heavy atom. The molecule has 1 aromatic rings. The largest absolute Gasteiger partial charge is 0.368 e. The van der Waals surface area contributed by atoms with E-state index in [4.69, 9.17) is 4.74 Å². The van der Waals surface area contributed by atoms with Crippen LogP contribution in [0.25, 0.3) is 0 Å². The summed E-state index contributed by atoms with van der Waals surface area (Å²) in [6.45, 7) is 3.59. The number of nitrogens with zero attached hydrogens (tertiary/aromatic N) is 2. The molecule has 1 aromatic carbocycles. The van der Waals surface area contributed by atoms with Gasteiger partial charge in [-0.15, -0.1) is 0 Å². The van der Waals surface area contributed by atoms with Gasteiger partial charge >= 0.3 is 5.72 Å². The van der Waals surface area contributed by atoms with Gasteiger partial charge in [0, 0.05) is 24.2 Å². The van der Waals surface area contributed by atoms with E-state index < -0.39 is 11.3 Å². The lowest BCUT2D eigenvalue weighted by Gasteiger charge is -2.23. The van der Waals surface area contributed by atoms with Crippen LogP contribution in [0.3, 0.4) is 0 Å². The number of benzene rings is 1. The number of anilines is 1. The summed E-state index contributed by atoms with van der Waals surface area (Å²) >= 11 is 0. The second kappa shape index (κ2) is 3.61. The van der Waals surface area contributed by atoms with Crippen molar-refractivity contribution in [3.8, 4) is 0 Å². The van der Waals surface area contributed by atoms with Crippen LogP contribution >= 0.6 is 0 Å². The molecule has 104 valence electrons. The van der Waals surface area contributed by atoms with Crippen LogP contribution in [-0.4, -0.2) is 29.3 Å². The molecule has 3 aliphatic rings. The maximum Gasteiger partial charge on any atom is 0.345 e. The third-order valence-corrected chi connectivity index (χ3v) is 4.81. The molecule has 0 amide bonds. The summed E-state index contributed by atoms with van der Waals surface area (Å²) in [5, 5.41) is 11.2. The highest BCUT2D eigenvalue weighted by Gasteiger charge is 2.68. The molecule has 0 unspecified atom stereocenters. The molecule has 20 heavy (non-hydrogen) atoms. The third kappa shape index (κ3) is 1.41. The fourth-order valence-electron chi connectivity index (χ4n) is 3.71. The minimum atomic E-state index is -1.26. The second-order valence-electron chi connectivity index (χ2n) is 6.11. The molecule has 2 fully saturated rings. The summed E-state index contributed by atoms with van der Waals surface area (Å²) in [6, 6.07) is 8.39. The van der Waals surface area contributed by atoms with Crippen molar-refractivity contribution < 1.29 is 9.66 Å². The van der Waals surface area contributed by atoms with Crippen molar-refractivity contribution >= 4 is 5.69 Å². The minimum absolute atomic E-state index is 0.208. The first-order chi connectivity index (χ1) is 9.53.